The quantitative estimate of drug-likeness (QED) is 0.848. The number of rotatable bonds is 5. The largest absolute Gasteiger partial charge is 0.494 e. The number of carbonyl (C=O) groups is 1. The van der Waals surface area contributed by atoms with E-state index in [0.717, 1.165) is 15.7 Å². The number of aryl methyl sites for hydroxylation is 1. The molecule has 25 heavy (non-hydrogen) atoms. The normalized spacial score (nSPS) is 10.7. The van der Waals surface area contributed by atoms with E-state index < -0.39 is 5.56 Å². The Labute approximate surface area is 147 Å². The minimum Gasteiger partial charge on any atom is -0.494 e. The SMILES string of the molecule is Cc1ccc(Cn2c(O)c(C(=O)CC(C)C)c(C)c(C#N)c2=O)cc1. The Morgan fingerprint density at radius 1 is 1.24 bits per heavy atom. The van der Waals surface area contributed by atoms with E-state index in [1.807, 2.05) is 51.1 Å². The van der Waals surface area contributed by atoms with Crippen molar-refractivity contribution in [1.29, 1.82) is 5.26 Å². The molecule has 0 aliphatic rings. The summed E-state index contributed by atoms with van der Waals surface area (Å²) < 4.78 is 1.10. The Hall–Kier alpha value is -2.87. The molecule has 1 heterocycles. The van der Waals surface area contributed by atoms with Gasteiger partial charge in [-0.05, 0) is 30.9 Å². The van der Waals surface area contributed by atoms with Gasteiger partial charge in [0.15, 0.2) is 5.78 Å². The Balaban J connectivity index is 2.63. The molecule has 5 nitrogen and oxygen atoms in total. The maximum Gasteiger partial charge on any atom is 0.271 e. The van der Waals surface area contributed by atoms with Crippen molar-refractivity contribution in [2.24, 2.45) is 5.92 Å². The topological polar surface area (TPSA) is 83.1 Å². The van der Waals surface area contributed by atoms with Gasteiger partial charge in [0.2, 0.25) is 5.88 Å². The molecule has 130 valence electrons. The number of benzene rings is 1. The zero-order chi connectivity index (χ0) is 18.7. The third kappa shape index (κ3) is 3.80. The summed E-state index contributed by atoms with van der Waals surface area (Å²) in [5, 5.41) is 20.0. The highest BCUT2D eigenvalue weighted by molar-refractivity contribution is 6.00. The van der Waals surface area contributed by atoms with Gasteiger partial charge in [-0.3, -0.25) is 14.2 Å². The summed E-state index contributed by atoms with van der Waals surface area (Å²) in [4.78, 5) is 25.1. The number of ketones is 1. The van der Waals surface area contributed by atoms with Crippen molar-refractivity contribution in [2.75, 3.05) is 0 Å². The molecule has 5 heteroatoms. The molecule has 1 N–H and O–H groups in total. The van der Waals surface area contributed by atoms with Crippen molar-refractivity contribution >= 4 is 5.78 Å². The first-order valence-corrected chi connectivity index (χ1v) is 8.21. The number of nitriles is 1. The third-order valence-electron chi connectivity index (χ3n) is 4.13. The molecule has 0 unspecified atom stereocenters. The highest BCUT2D eigenvalue weighted by Gasteiger charge is 2.24. The number of hydrogen-bond donors (Lipinski definition) is 1. The maximum absolute atomic E-state index is 12.6. The lowest BCUT2D eigenvalue weighted by atomic mass is 9.96. The lowest BCUT2D eigenvalue weighted by Gasteiger charge is -2.16. The molecule has 0 aliphatic carbocycles. The van der Waals surface area contributed by atoms with Crippen LogP contribution in [0.4, 0.5) is 0 Å². The van der Waals surface area contributed by atoms with Gasteiger partial charge in [0, 0.05) is 6.42 Å². The molecule has 2 rings (SSSR count). The molecular weight excluding hydrogens is 316 g/mol. The van der Waals surface area contributed by atoms with E-state index in [9.17, 15) is 20.0 Å². The number of pyridine rings is 1. The van der Waals surface area contributed by atoms with Crippen LogP contribution in [0.2, 0.25) is 0 Å². The van der Waals surface area contributed by atoms with Crippen molar-refractivity contribution in [2.45, 2.75) is 40.7 Å². The molecule has 0 radical (unpaired) electrons. The summed E-state index contributed by atoms with van der Waals surface area (Å²) in [6.45, 7) is 7.39. The van der Waals surface area contributed by atoms with Crippen LogP contribution < -0.4 is 5.56 Å². The molecule has 1 aromatic carbocycles. The van der Waals surface area contributed by atoms with Crippen LogP contribution >= 0.6 is 0 Å². The third-order valence-corrected chi connectivity index (χ3v) is 4.13. The van der Waals surface area contributed by atoms with Crippen molar-refractivity contribution in [3.8, 4) is 11.9 Å². The fourth-order valence-electron chi connectivity index (χ4n) is 2.78. The number of aromatic hydroxyl groups is 1. The van der Waals surface area contributed by atoms with Crippen LogP contribution in [0.25, 0.3) is 0 Å². The first kappa shape index (κ1) is 18.5. The zero-order valence-electron chi connectivity index (χ0n) is 15.0. The number of Topliss-reactive ketones (excluding diaryl/α,β-unsaturated/α-hetero) is 1. The lowest BCUT2D eigenvalue weighted by Crippen LogP contribution is -2.27. The average molecular weight is 338 g/mol. The van der Waals surface area contributed by atoms with Gasteiger partial charge < -0.3 is 5.11 Å². The van der Waals surface area contributed by atoms with Crippen molar-refractivity contribution in [3.63, 3.8) is 0 Å². The zero-order valence-corrected chi connectivity index (χ0v) is 15.0. The molecule has 0 spiro atoms. The van der Waals surface area contributed by atoms with Crippen LogP contribution in [0.5, 0.6) is 5.88 Å². The van der Waals surface area contributed by atoms with Gasteiger partial charge in [0.05, 0.1) is 12.1 Å². The number of aromatic nitrogens is 1. The van der Waals surface area contributed by atoms with Gasteiger partial charge >= 0.3 is 0 Å². The highest BCUT2D eigenvalue weighted by Crippen LogP contribution is 2.25. The Kier molecular flexibility index (Phi) is 5.43. The van der Waals surface area contributed by atoms with Crippen LogP contribution in [0.1, 0.15) is 52.9 Å². The summed E-state index contributed by atoms with van der Waals surface area (Å²) in [5.74, 6) is -0.527. The Morgan fingerprint density at radius 3 is 2.36 bits per heavy atom. The van der Waals surface area contributed by atoms with E-state index in [-0.39, 0.29) is 47.2 Å². The van der Waals surface area contributed by atoms with E-state index in [1.165, 1.54) is 6.92 Å². The Morgan fingerprint density at radius 2 is 1.84 bits per heavy atom. The lowest BCUT2D eigenvalue weighted by molar-refractivity contribution is 0.0963. The number of carbonyl (C=O) groups excluding carboxylic acids is 1. The second-order valence-corrected chi connectivity index (χ2v) is 6.71. The van der Waals surface area contributed by atoms with Crippen LogP contribution in [0.15, 0.2) is 29.1 Å². The fourth-order valence-corrected chi connectivity index (χ4v) is 2.78. The van der Waals surface area contributed by atoms with E-state index in [4.69, 9.17) is 0 Å². The van der Waals surface area contributed by atoms with Crippen molar-refractivity contribution < 1.29 is 9.90 Å². The highest BCUT2D eigenvalue weighted by atomic mass is 16.3. The van der Waals surface area contributed by atoms with Gasteiger partial charge in [0.1, 0.15) is 11.6 Å². The van der Waals surface area contributed by atoms with Crippen LogP contribution in [0.3, 0.4) is 0 Å². The van der Waals surface area contributed by atoms with Crippen LogP contribution in [-0.4, -0.2) is 15.5 Å². The molecule has 0 amide bonds. The van der Waals surface area contributed by atoms with E-state index in [1.54, 1.807) is 0 Å². The second kappa shape index (κ2) is 7.35. The molecular formula is C20H22N2O3. The number of hydrogen-bond acceptors (Lipinski definition) is 4. The van der Waals surface area contributed by atoms with Crippen LogP contribution in [0, 0.1) is 31.1 Å². The van der Waals surface area contributed by atoms with Gasteiger partial charge in [-0.15, -0.1) is 0 Å². The Bertz CT molecular complexity index is 901. The average Bonchev–Trinajstić information content (AvgIpc) is 2.53. The predicted octanol–water partition coefficient (Wildman–Crippen LogP) is 3.32. The molecule has 0 saturated heterocycles. The molecule has 0 bridgehead atoms. The molecule has 0 saturated carbocycles. The van der Waals surface area contributed by atoms with Crippen molar-refractivity contribution in [3.05, 3.63) is 62.4 Å². The second-order valence-electron chi connectivity index (χ2n) is 6.71. The first-order valence-electron chi connectivity index (χ1n) is 8.21. The van der Waals surface area contributed by atoms with Gasteiger partial charge in [-0.1, -0.05) is 43.7 Å². The number of nitrogens with zero attached hydrogens (tertiary/aromatic N) is 2. The summed E-state index contributed by atoms with van der Waals surface area (Å²) in [6.07, 6.45) is 0.238. The standard InChI is InChI=1S/C20H22N2O3/c1-12(2)9-17(23)18-14(4)16(10-21)19(24)22(20(18)25)11-15-7-5-13(3)6-8-15/h5-8,12,25H,9,11H2,1-4H3. The van der Waals surface area contributed by atoms with E-state index in [2.05, 4.69) is 0 Å². The molecule has 2 aromatic rings. The van der Waals surface area contributed by atoms with Gasteiger partial charge in [-0.2, -0.15) is 5.26 Å². The maximum atomic E-state index is 12.6. The predicted molar refractivity (Wildman–Crippen MR) is 95.9 cm³/mol. The van der Waals surface area contributed by atoms with Crippen molar-refractivity contribution in [1.82, 2.24) is 4.57 Å². The summed E-state index contributed by atoms with van der Waals surface area (Å²) >= 11 is 0. The molecule has 0 atom stereocenters. The first-order chi connectivity index (χ1) is 11.8. The molecule has 0 aliphatic heterocycles. The minimum absolute atomic E-state index is 0.0666. The molecule has 0 fully saturated rings. The van der Waals surface area contributed by atoms with Crippen LogP contribution in [-0.2, 0) is 6.54 Å². The minimum atomic E-state index is -0.584. The molecule has 1 aromatic heterocycles. The fraction of sp³-hybridized carbons (Fsp3) is 0.350. The summed E-state index contributed by atoms with van der Waals surface area (Å²) in [7, 11) is 0. The van der Waals surface area contributed by atoms with Gasteiger partial charge in [0.25, 0.3) is 5.56 Å². The monoisotopic (exact) mass is 338 g/mol. The van der Waals surface area contributed by atoms with E-state index >= 15 is 0 Å². The van der Waals surface area contributed by atoms with E-state index in [0.29, 0.717) is 0 Å². The smallest absolute Gasteiger partial charge is 0.271 e. The van der Waals surface area contributed by atoms with Gasteiger partial charge in [-0.25, -0.2) is 0 Å². The summed E-state index contributed by atoms with van der Waals surface area (Å²) in [5.41, 5.74) is 1.51. The summed E-state index contributed by atoms with van der Waals surface area (Å²) in [6, 6.07) is 9.39.